The van der Waals surface area contributed by atoms with Gasteiger partial charge in [0.1, 0.15) is 17.5 Å². The van der Waals surface area contributed by atoms with Crippen molar-refractivity contribution in [2.24, 2.45) is 0 Å². The number of rotatable bonds is 5. The number of nitrogens with zero attached hydrogens (tertiary/aromatic N) is 3. The molecule has 3 rings (SSSR count). The maximum atomic E-state index is 12.1. The van der Waals surface area contributed by atoms with Gasteiger partial charge in [-0.2, -0.15) is 0 Å². The van der Waals surface area contributed by atoms with E-state index in [0.29, 0.717) is 22.0 Å². The predicted octanol–water partition coefficient (Wildman–Crippen LogP) is 4.20. The number of aromatic nitrogens is 2. The van der Waals surface area contributed by atoms with E-state index >= 15 is 0 Å². The summed E-state index contributed by atoms with van der Waals surface area (Å²) in [6.45, 7) is 1.85. The van der Waals surface area contributed by atoms with E-state index < -0.39 is 0 Å². The topological polar surface area (TPSA) is 83.3 Å². The molecule has 0 aliphatic rings. The Labute approximate surface area is 159 Å². The summed E-state index contributed by atoms with van der Waals surface area (Å²) in [5, 5.41) is 6.02. The number of carbonyl (C=O) groups is 1. The molecule has 0 spiro atoms. The summed E-state index contributed by atoms with van der Waals surface area (Å²) < 4.78 is 5.75. The lowest BCUT2D eigenvalue weighted by Crippen LogP contribution is -2.12. The maximum Gasteiger partial charge on any atom is 0.291 e. The van der Waals surface area contributed by atoms with Crippen LogP contribution in [0.25, 0.3) is 0 Å². The van der Waals surface area contributed by atoms with E-state index in [1.165, 1.54) is 0 Å². The van der Waals surface area contributed by atoms with Crippen molar-refractivity contribution in [3.8, 4) is 0 Å². The lowest BCUT2D eigenvalue weighted by molar-refractivity contribution is 0.0995. The van der Waals surface area contributed by atoms with Gasteiger partial charge in [0.2, 0.25) is 0 Å². The average Bonchev–Trinajstić information content (AvgIpc) is 3.03. The average molecular weight is 416 g/mol. The van der Waals surface area contributed by atoms with Gasteiger partial charge in [-0.25, -0.2) is 9.97 Å². The van der Waals surface area contributed by atoms with Gasteiger partial charge in [-0.05, 0) is 59.3 Å². The zero-order chi connectivity index (χ0) is 18.7. The quantitative estimate of drug-likeness (QED) is 0.649. The van der Waals surface area contributed by atoms with Gasteiger partial charge in [-0.3, -0.25) is 4.79 Å². The van der Waals surface area contributed by atoms with Gasteiger partial charge in [0, 0.05) is 31.5 Å². The number of halogens is 1. The summed E-state index contributed by atoms with van der Waals surface area (Å²) >= 11 is 3.18. The summed E-state index contributed by atoms with van der Waals surface area (Å²) in [4.78, 5) is 22.8. The number of benzene rings is 1. The monoisotopic (exact) mass is 415 g/mol. The van der Waals surface area contributed by atoms with E-state index in [9.17, 15) is 4.79 Å². The minimum atomic E-state index is -0.307. The first-order valence-electron chi connectivity index (χ1n) is 7.87. The molecule has 134 valence electrons. The molecule has 2 N–H and O–H groups in total. The van der Waals surface area contributed by atoms with Crippen molar-refractivity contribution in [1.82, 2.24) is 9.97 Å². The second kappa shape index (κ2) is 7.57. The molecule has 0 saturated carbocycles. The molecule has 2 aromatic heterocycles. The molecule has 0 bridgehead atoms. The largest absolute Gasteiger partial charge is 0.444 e. The number of carbonyl (C=O) groups excluding carboxylic acids is 1. The van der Waals surface area contributed by atoms with Gasteiger partial charge in [-0.15, -0.1) is 0 Å². The third kappa shape index (κ3) is 4.40. The summed E-state index contributed by atoms with van der Waals surface area (Å²) in [5.74, 6) is 2.16. The number of anilines is 4. The minimum Gasteiger partial charge on any atom is -0.444 e. The fourth-order valence-corrected chi connectivity index (χ4v) is 2.57. The molecule has 0 radical (unpaired) electrons. The van der Waals surface area contributed by atoms with Crippen molar-refractivity contribution >= 4 is 44.8 Å². The van der Waals surface area contributed by atoms with E-state index in [2.05, 4.69) is 36.5 Å². The van der Waals surface area contributed by atoms with Crippen molar-refractivity contribution in [3.05, 3.63) is 58.7 Å². The number of aryl methyl sites for hydroxylation is 1. The Balaban J connectivity index is 1.69. The van der Waals surface area contributed by atoms with E-state index in [4.69, 9.17) is 4.42 Å². The lowest BCUT2D eigenvalue weighted by atomic mass is 10.2. The van der Waals surface area contributed by atoms with Crippen LogP contribution in [0.5, 0.6) is 0 Å². The van der Waals surface area contributed by atoms with Gasteiger partial charge >= 0.3 is 0 Å². The van der Waals surface area contributed by atoms with Gasteiger partial charge in [0.15, 0.2) is 10.4 Å². The van der Waals surface area contributed by atoms with Crippen LogP contribution in [0.2, 0.25) is 0 Å². The molecule has 2 heterocycles. The molecule has 0 aliphatic carbocycles. The van der Waals surface area contributed by atoms with Crippen LogP contribution in [0.4, 0.5) is 23.0 Å². The summed E-state index contributed by atoms with van der Waals surface area (Å²) in [5.41, 5.74) is 1.52. The van der Waals surface area contributed by atoms with Crippen molar-refractivity contribution in [2.75, 3.05) is 29.6 Å². The highest BCUT2D eigenvalue weighted by molar-refractivity contribution is 9.10. The summed E-state index contributed by atoms with van der Waals surface area (Å²) in [6, 6.07) is 12.5. The molecule has 3 aromatic rings. The Morgan fingerprint density at radius 3 is 2.38 bits per heavy atom. The van der Waals surface area contributed by atoms with Crippen molar-refractivity contribution in [3.63, 3.8) is 0 Å². The highest BCUT2D eigenvalue weighted by Gasteiger charge is 2.10. The van der Waals surface area contributed by atoms with Crippen LogP contribution in [-0.4, -0.2) is 30.0 Å². The zero-order valence-corrected chi connectivity index (χ0v) is 16.2. The normalized spacial score (nSPS) is 10.5. The molecule has 8 heteroatoms. The number of hydrogen-bond acceptors (Lipinski definition) is 6. The Bertz CT molecular complexity index is 922. The number of amides is 1. The number of hydrogen-bond donors (Lipinski definition) is 2. The van der Waals surface area contributed by atoms with Gasteiger partial charge in [0.05, 0.1) is 0 Å². The van der Waals surface area contributed by atoms with Gasteiger partial charge < -0.3 is 20.0 Å². The zero-order valence-electron chi connectivity index (χ0n) is 14.6. The molecule has 1 amide bonds. The van der Waals surface area contributed by atoms with Crippen LogP contribution in [0.1, 0.15) is 16.4 Å². The first kappa shape index (κ1) is 17.9. The Morgan fingerprint density at radius 2 is 1.77 bits per heavy atom. The molecule has 0 atom stereocenters. The molecular formula is C18H18BrN5O2. The molecule has 0 fully saturated rings. The fraction of sp³-hybridized carbons (Fsp3) is 0.167. The van der Waals surface area contributed by atoms with Gasteiger partial charge in [-0.1, -0.05) is 0 Å². The Morgan fingerprint density at radius 1 is 1.08 bits per heavy atom. The second-order valence-corrected chi connectivity index (χ2v) is 6.59. The lowest BCUT2D eigenvalue weighted by Gasteiger charge is -2.14. The highest BCUT2D eigenvalue weighted by Crippen LogP contribution is 2.21. The highest BCUT2D eigenvalue weighted by atomic mass is 79.9. The molecular weight excluding hydrogens is 398 g/mol. The van der Waals surface area contributed by atoms with Crippen LogP contribution >= 0.6 is 15.9 Å². The SMILES string of the molecule is Cc1nc(Nc2ccc(NC(=O)c3ccc(Br)o3)cc2)cc(N(C)C)n1. The first-order valence-corrected chi connectivity index (χ1v) is 8.67. The summed E-state index contributed by atoms with van der Waals surface area (Å²) in [6.07, 6.45) is 0. The van der Waals surface area contributed by atoms with Crippen molar-refractivity contribution in [1.29, 1.82) is 0 Å². The van der Waals surface area contributed by atoms with Crippen molar-refractivity contribution in [2.45, 2.75) is 6.92 Å². The van der Waals surface area contributed by atoms with E-state index in [1.807, 2.05) is 44.1 Å². The predicted molar refractivity (Wildman–Crippen MR) is 105 cm³/mol. The maximum absolute atomic E-state index is 12.1. The molecule has 0 unspecified atom stereocenters. The molecule has 26 heavy (non-hydrogen) atoms. The van der Waals surface area contributed by atoms with Crippen LogP contribution in [0.3, 0.4) is 0 Å². The minimum absolute atomic E-state index is 0.242. The van der Waals surface area contributed by atoms with Crippen LogP contribution < -0.4 is 15.5 Å². The van der Waals surface area contributed by atoms with Crippen LogP contribution in [0.15, 0.2) is 51.6 Å². The summed E-state index contributed by atoms with van der Waals surface area (Å²) in [7, 11) is 3.86. The fourth-order valence-electron chi connectivity index (χ4n) is 2.26. The van der Waals surface area contributed by atoms with E-state index in [-0.39, 0.29) is 11.7 Å². The number of furan rings is 1. The Kier molecular flexibility index (Phi) is 5.22. The van der Waals surface area contributed by atoms with Crippen LogP contribution in [-0.2, 0) is 0 Å². The molecule has 7 nitrogen and oxygen atoms in total. The third-order valence-corrected chi connectivity index (χ3v) is 3.92. The molecule has 1 aromatic carbocycles. The molecule has 0 aliphatic heterocycles. The number of nitrogens with one attached hydrogen (secondary N) is 2. The second-order valence-electron chi connectivity index (χ2n) is 5.81. The van der Waals surface area contributed by atoms with Crippen molar-refractivity contribution < 1.29 is 9.21 Å². The Hall–Kier alpha value is -2.87. The van der Waals surface area contributed by atoms with Gasteiger partial charge in [0.25, 0.3) is 5.91 Å². The third-order valence-electron chi connectivity index (χ3n) is 3.49. The van der Waals surface area contributed by atoms with Crippen LogP contribution in [0, 0.1) is 6.92 Å². The smallest absolute Gasteiger partial charge is 0.291 e. The van der Waals surface area contributed by atoms with E-state index in [1.54, 1.807) is 24.3 Å². The molecule has 0 saturated heterocycles. The van der Waals surface area contributed by atoms with E-state index in [0.717, 1.165) is 11.5 Å². The standard InChI is InChI=1S/C18H18BrN5O2/c1-11-20-16(10-17(21-11)24(2)3)22-12-4-6-13(7-5-12)23-18(25)14-8-9-15(19)26-14/h4-10H,1-3H3,(H,23,25)(H,20,21,22). The first-order chi connectivity index (χ1) is 12.4.